The highest BCUT2D eigenvalue weighted by Crippen LogP contribution is 2.32. The number of amides is 1. The zero-order valence-electron chi connectivity index (χ0n) is 11.2. The summed E-state index contributed by atoms with van der Waals surface area (Å²) in [6.07, 6.45) is 1.48. The Morgan fingerprint density at radius 1 is 1.35 bits per heavy atom. The standard InChI is InChI=1S/C15H16N2O3/c1-9-3-2-4-13(12(9)8-16)17-14(18)10-5-6-11(7-10)15(19)20/h2-4,10-11H,5-7H2,1H3,(H,17,18)(H,19,20)/t10-,11+/m1/s1. The molecule has 2 rings (SSSR count). The van der Waals surface area contributed by atoms with Gasteiger partial charge in [-0.2, -0.15) is 5.26 Å². The predicted octanol–water partition coefficient (Wildman–Crippen LogP) is 2.31. The van der Waals surface area contributed by atoms with E-state index < -0.39 is 11.9 Å². The first-order valence-corrected chi connectivity index (χ1v) is 6.56. The van der Waals surface area contributed by atoms with Gasteiger partial charge in [-0.25, -0.2) is 0 Å². The molecule has 0 aliphatic heterocycles. The van der Waals surface area contributed by atoms with E-state index >= 15 is 0 Å². The molecule has 0 unspecified atom stereocenters. The van der Waals surface area contributed by atoms with Crippen LogP contribution in [0.3, 0.4) is 0 Å². The Bertz CT molecular complexity index is 589. The zero-order chi connectivity index (χ0) is 14.7. The molecule has 104 valence electrons. The molecule has 2 N–H and O–H groups in total. The average Bonchev–Trinajstić information content (AvgIpc) is 2.89. The number of carboxylic acid groups (broad SMARTS) is 1. The highest BCUT2D eigenvalue weighted by atomic mass is 16.4. The number of nitrogens with zero attached hydrogens (tertiary/aromatic N) is 1. The fourth-order valence-corrected chi connectivity index (χ4v) is 2.60. The van der Waals surface area contributed by atoms with Gasteiger partial charge in [0.05, 0.1) is 17.2 Å². The first-order chi connectivity index (χ1) is 9.52. The maximum absolute atomic E-state index is 12.1. The molecular formula is C15H16N2O3. The lowest BCUT2D eigenvalue weighted by Gasteiger charge is -2.12. The van der Waals surface area contributed by atoms with Crippen LogP contribution >= 0.6 is 0 Å². The van der Waals surface area contributed by atoms with Crippen LogP contribution in [0.2, 0.25) is 0 Å². The number of benzene rings is 1. The Labute approximate surface area is 117 Å². The van der Waals surface area contributed by atoms with Crippen molar-refractivity contribution in [3.63, 3.8) is 0 Å². The van der Waals surface area contributed by atoms with E-state index in [1.165, 1.54) is 0 Å². The van der Waals surface area contributed by atoms with E-state index in [0.29, 0.717) is 30.5 Å². The molecule has 1 saturated carbocycles. The lowest BCUT2D eigenvalue weighted by atomic mass is 10.0. The monoisotopic (exact) mass is 272 g/mol. The van der Waals surface area contributed by atoms with Crippen LogP contribution in [0.15, 0.2) is 18.2 Å². The molecular weight excluding hydrogens is 256 g/mol. The normalized spacial score (nSPS) is 21.2. The second-order valence-electron chi connectivity index (χ2n) is 5.14. The Morgan fingerprint density at radius 2 is 2.05 bits per heavy atom. The molecule has 0 heterocycles. The Kier molecular flexibility index (Phi) is 4.04. The van der Waals surface area contributed by atoms with E-state index in [2.05, 4.69) is 11.4 Å². The minimum absolute atomic E-state index is 0.198. The van der Waals surface area contributed by atoms with E-state index in [0.717, 1.165) is 5.56 Å². The molecule has 2 atom stereocenters. The van der Waals surface area contributed by atoms with Crippen molar-refractivity contribution in [3.05, 3.63) is 29.3 Å². The van der Waals surface area contributed by atoms with Crippen molar-refractivity contribution < 1.29 is 14.7 Å². The fourth-order valence-electron chi connectivity index (χ4n) is 2.60. The van der Waals surface area contributed by atoms with E-state index in [1.807, 2.05) is 13.0 Å². The SMILES string of the molecule is Cc1cccc(NC(=O)[C@@H]2CC[C@H](C(=O)O)C2)c1C#N. The molecule has 1 aromatic carbocycles. The molecule has 1 aliphatic rings. The van der Waals surface area contributed by atoms with Gasteiger partial charge >= 0.3 is 5.97 Å². The number of aryl methyl sites for hydroxylation is 1. The third kappa shape index (κ3) is 2.80. The van der Waals surface area contributed by atoms with Crippen LogP contribution in [0, 0.1) is 30.1 Å². The fraction of sp³-hybridized carbons (Fsp3) is 0.400. The summed E-state index contributed by atoms with van der Waals surface area (Å²) in [6, 6.07) is 7.35. The number of carboxylic acids is 1. The Hall–Kier alpha value is -2.35. The summed E-state index contributed by atoms with van der Waals surface area (Å²) in [5.41, 5.74) is 1.75. The van der Waals surface area contributed by atoms with Crippen molar-refractivity contribution in [3.8, 4) is 6.07 Å². The average molecular weight is 272 g/mol. The number of rotatable bonds is 3. The molecule has 5 nitrogen and oxygen atoms in total. The van der Waals surface area contributed by atoms with E-state index in [4.69, 9.17) is 10.4 Å². The van der Waals surface area contributed by atoms with Gasteiger partial charge in [0.2, 0.25) is 5.91 Å². The Morgan fingerprint density at radius 3 is 2.65 bits per heavy atom. The lowest BCUT2D eigenvalue weighted by molar-refractivity contribution is -0.141. The topological polar surface area (TPSA) is 90.2 Å². The van der Waals surface area contributed by atoms with Crippen LogP contribution in [-0.2, 0) is 9.59 Å². The minimum Gasteiger partial charge on any atom is -0.481 e. The number of hydrogen-bond donors (Lipinski definition) is 2. The van der Waals surface area contributed by atoms with Crippen molar-refractivity contribution in [1.82, 2.24) is 0 Å². The third-order valence-electron chi connectivity index (χ3n) is 3.80. The number of anilines is 1. The number of hydrogen-bond acceptors (Lipinski definition) is 3. The molecule has 1 fully saturated rings. The van der Waals surface area contributed by atoms with Crippen molar-refractivity contribution in [1.29, 1.82) is 5.26 Å². The smallest absolute Gasteiger partial charge is 0.306 e. The van der Waals surface area contributed by atoms with Gasteiger partial charge < -0.3 is 10.4 Å². The van der Waals surface area contributed by atoms with Gasteiger partial charge in [-0.15, -0.1) is 0 Å². The summed E-state index contributed by atoms with van der Waals surface area (Å²) < 4.78 is 0. The van der Waals surface area contributed by atoms with Crippen LogP contribution in [0.4, 0.5) is 5.69 Å². The maximum Gasteiger partial charge on any atom is 0.306 e. The molecule has 0 saturated heterocycles. The van der Waals surface area contributed by atoms with Gasteiger partial charge in [-0.3, -0.25) is 9.59 Å². The summed E-state index contributed by atoms with van der Waals surface area (Å²) in [6.45, 7) is 1.81. The molecule has 0 spiro atoms. The molecule has 1 aromatic rings. The first kappa shape index (κ1) is 14.1. The molecule has 1 aliphatic carbocycles. The molecule has 1 amide bonds. The van der Waals surface area contributed by atoms with Crippen molar-refractivity contribution in [2.75, 3.05) is 5.32 Å². The minimum atomic E-state index is -0.839. The zero-order valence-corrected chi connectivity index (χ0v) is 11.2. The van der Waals surface area contributed by atoms with Gasteiger partial charge in [-0.05, 0) is 37.8 Å². The van der Waals surface area contributed by atoms with Crippen LogP contribution in [0.5, 0.6) is 0 Å². The molecule has 0 aromatic heterocycles. The second kappa shape index (κ2) is 5.74. The second-order valence-corrected chi connectivity index (χ2v) is 5.14. The van der Waals surface area contributed by atoms with Crippen LogP contribution in [0.25, 0.3) is 0 Å². The summed E-state index contributed by atoms with van der Waals surface area (Å²) in [5.74, 6) is -1.76. The van der Waals surface area contributed by atoms with Crippen LogP contribution in [0.1, 0.15) is 30.4 Å². The largest absolute Gasteiger partial charge is 0.481 e. The van der Waals surface area contributed by atoms with Crippen LogP contribution in [-0.4, -0.2) is 17.0 Å². The number of carbonyl (C=O) groups excluding carboxylic acids is 1. The summed E-state index contributed by atoms with van der Waals surface area (Å²) >= 11 is 0. The summed E-state index contributed by atoms with van der Waals surface area (Å²) in [5, 5.41) is 20.8. The van der Waals surface area contributed by atoms with Crippen molar-refractivity contribution in [2.24, 2.45) is 11.8 Å². The molecule has 5 heteroatoms. The highest BCUT2D eigenvalue weighted by Gasteiger charge is 2.34. The van der Waals surface area contributed by atoms with Crippen molar-refractivity contribution >= 4 is 17.6 Å². The summed E-state index contributed by atoms with van der Waals surface area (Å²) in [4.78, 5) is 23.0. The summed E-state index contributed by atoms with van der Waals surface area (Å²) in [7, 11) is 0. The van der Waals surface area contributed by atoms with E-state index in [-0.39, 0.29) is 11.8 Å². The Balaban J connectivity index is 2.08. The number of nitriles is 1. The first-order valence-electron chi connectivity index (χ1n) is 6.56. The maximum atomic E-state index is 12.1. The van der Waals surface area contributed by atoms with Crippen LogP contribution < -0.4 is 5.32 Å². The van der Waals surface area contributed by atoms with E-state index in [9.17, 15) is 9.59 Å². The third-order valence-corrected chi connectivity index (χ3v) is 3.80. The number of nitrogens with one attached hydrogen (secondary N) is 1. The molecule has 0 bridgehead atoms. The lowest BCUT2D eigenvalue weighted by Crippen LogP contribution is -2.22. The van der Waals surface area contributed by atoms with E-state index in [1.54, 1.807) is 12.1 Å². The van der Waals surface area contributed by atoms with Gasteiger partial charge in [0, 0.05) is 5.92 Å². The van der Waals surface area contributed by atoms with Gasteiger partial charge in [0.25, 0.3) is 0 Å². The van der Waals surface area contributed by atoms with Gasteiger partial charge in [0.1, 0.15) is 6.07 Å². The van der Waals surface area contributed by atoms with Gasteiger partial charge in [0.15, 0.2) is 0 Å². The number of aliphatic carboxylic acids is 1. The molecule has 0 radical (unpaired) electrons. The van der Waals surface area contributed by atoms with Crippen molar-refractivity contribution in [2.45, 2.75) is 26.2 Å². The predicted molar refractivity (Wildman–Crippen MR) is 73.0 cm³/mol. The number of carbonyl (C=O) groups is 2. The van der Waals surface area contributed by atoms with Gasteiger partial charge in [-0.1, -0.05) is 12.1 Å². The molecule has 20 heavy (non-hydrogen) atoms. The quantitative estimate of drug-likeness (QED) is 0.883. The highest BCUT2D eigenvalue weighted by molar-refractivity contribution is 5.94.